The molecule has 0 spiro atoms. The Morgan fingerprint density at radius 2 is 2.04 bits per heavy atom. The van der Waals surface area contributed by atoms with E-state index in [1.165, 1.54) is 11.2 Å². The maximum absolute atomic E-state index is 12.4. The Morgan fingerprint density at radius 1 is 1.24 bits per heavy atom. The van der Waals surface area contributed by atoms with Crippen LogP contribution in [0.4, 0.5) is 5.69 Å². The van der Waals surface area contributed by atoms with Gasteiger partial charge in [0.05, 0.1) is 5.39 Å². The van der Waals surface area contributed by atoms with E-state index in [-0.39, 0.29) is 12.5 Å². The number of anilines is 1. The summed E-state index contributed by atoms with van der Waals surface area (Å²) >= 11 is 1.61. The van der Waals surface area contributed by atoms with Crippen LogP contribution in [0.2, 0.25) is 0 Å². The second-order valence-corrected chi connectivity index (χ2v) is 7.14. The van der Waals surface area contributed by atoms with Crippen molar-refractivity contribution in [2.45, 2.75) is 34.1 Å². The number of hydrogen-bond acceptors (Lipinski definition) is 5. The van der Waals surface area contributed by atoms with Crippen LogP contribution in [0.3, 0.4) is 0 Å². The summed E-state index contributed by atoms with van der Waals surface area (Å²) in [5.74, 6) is 0.267. The minimum atomic E-state index is -0.194. The van der Waals surface area contributed by atoms with Gasteiger partial charge in [-0.3, -0.25) is 4.79 Å². The van der Waals surface area contributed by atoms with E-state index in [2.05, 4.69) is 22.2 Å². The molecule has 5 nitrogen and oxygen atoms in total. The average molecular weight is 355 g/mol. The van der Waals surface area contributed by atoms with Gasteiger partial charge in [-0.25, -0.2) is 9.97 Å². The summed E-state index contributed by atoms with van der Waals surface area (Å²) < 4.78 is 5.70. The summed E-state index contributed by atoms with van der Waals surface area (Å²) in [6.07, 6.45) is 2.33. The molecule has 3 rings (SSSR count). The molecule has 0 saturated carbocycles. The Bertz CT molecular complexity index is 934. The van der Waals surface area contributed by atoms with E-state index in [0.29, 0.717) is 5.88 Å². The van der Waals surface area contributed by atoms with Gasteiger partial charge in [-0.05, 0) is 43.9 Å². The van der Waals surface area contributed by atoms with Crippen molar-refractivity contribution < 1.29 is 9.53 Å². The SMILES string of the molecule is CCc1cccc(C)c1NC(=O)COc1ncnc2sc(C)c(C)c12. The van der Waals surface area contributed by atoms with Crippen molar-refractivity contribution in [2.24, 2.45) is 0 Å². The zero-order chi connectivity index (χ0) is 18.0. The number of amides is 1. The van der Waals surface area contributed by atoms with Gasteiger partial charge in [0, 0.05) is 10.6 Å². The number of nitrogens with zero attached hydrogens (tertiary/aromatic N) is 2. The zero-order valence-corrected chi connectivity index (χ0v) is 15.7. The number of nitrogens with one attached hydrogen (secondary N) is 1. The number of fused-ring (bicyclic) bond motifs is 1. The van der Waals surface area contributed by atoms with E-state index in [1.54, 1.807) is 11.3 Å². The number of aryl methyl sites for hydroxylation is 4. The number of thiophene rings is 1. The van der Waals surface area contributed by atoms with Crippen LogP contribution in [0.25, 0.3) is 10.2 Å². The summed E-state index contributed by atoms with van der Waals surface area (Å²) in [4.78, 5) is 22.9. The van der Waals surface area contributed by atoms with Crippen LogP contribution in [-0.2, 0) is 11.2 Å². The zero-order valence-electron chi connectivity index (χ0n) is 14.8. The first-order valence-corrected chi connectivity index (χ1v) is 9.04. The first kappa shape index (κ1) is 17.4. The minimum Gasteiger partial charge on any atom is -0.467 e. The second kappa shape index (κ2) is 7.19. The number of benzene rings is 1. The normalized spacial score (nSPS) is 10.9. The van der Waals surface area contributed by atoms with E-state index in [4.69, 9.17) is 4.74 Å². The highest BCUT2D eigenvalue weighted by molar-refractivity contribution is 7.18. The van der Waals surface area contributed by atoms with E-state index in [1.807, 2.05) is 39.0 Å². The topological polar surface area (TPSA) is 64.1 Å². The van der Waals surface area contributed by atoms with Crippen LogP contribution in [0.5, 0.6) is 5.88 Å². The molecule has 130 valence electrons. The molecule has 0 radical (unpaired) electrons. The van der Waals surface area contributed by atoms with Crippen molar-refractivity contribution in [2.75, 3.05) is 11.9 Å². The molecule has 1 amide bonds. The third kappa shape index (κ3) is 3.49. The van der Waals surface area contributed by atoms with Gasteiger partial charge < -0.3 is 10.1 Å². The lowest BCUT2D eigenvalue weighted by atomic mass is 10.1. The molecule has 1 N–H and O–H groups in total. The monoisotopic (exact) mass is 355 g/mol. The Labute approximate surface area is 151 Å². The smallest absolute Gasteiger partial charge is 0.262 e. The van der Waals surface area contributed by atoms with Crippen LogP contribution < -0.4 is 10.1 Å². The number of aromatic nitrogens is 2. The molecule has 3 aromatic rings. The van der Waals surface area contributed by atoms with Gasteiger partial charge in [-0.2, -0.15) is 0 Å². The van der Waals surface area contributed by atoms with E-state index in [0.717, 1.165) is 39.0 Å². The Morgan fingerprint density at radius 3 is 2.80 bits per heavy atom. The highest BCUT2D eigenvalue weighted by Gasteiger charge is 2.15. The van der Waals surface area contributed by atoms with Crippen molar-refractivity contribution in [3.05, 3.63) is 46.1 Å². The van der Waals surface area contributed by atoms with Crippen LogP contribution in [0, 0.1) is 20.8 Å². The number of carbonyl (C=O) groups is 1. The third-order valence-corrected chi connectivity index (χ3v) is 5.39. The number of rotatable bonds is 5. The predicted octanol–water partition coefficient (Wildman–Crippen LogP) is 4.20. The van der Waals surface area contributed by atoms with Crippen molar-refractivity contribution in [1.82, 2.24) is 9.97 Å². The molecule has 0 aliphatic rings. The lowest BCUT2D eigenvalue weighted by molar-refractivity contribution is -0.118. The Kier molecular flexibility index (Phi) is 4.99. The number of carbonyl (C=O) groups excluding carboxylic acids is 1. The van der Waals surface area contributed by atoms with E-state index >= 15 is 0 Å². The number of hydrogen-bond donors (Lipinski definition) is 1. The molecule has 0 atom stereocenters. The van der Waals surface area contributed by atoms with Crippen LogP contribution >= 0.6 is 11.3 Å². The fourth-order valence-corrected chi connectivity index (χ4v) is 3.76. The van der Waals surface area contributed by atoms with Gasteiger partial charge in [-0.1, -0.05) is 25.1 Å². The van der Waals surface area contributed by atoms with E-state index < -0.39 is 0 Å². The summed E-state index contributed by atoms with van der Waals surface area (Å²) in [7, 11) is 0. The molecular formula is C19H21N3O2S. The van der Waals surface area contributed by atoms with E-state index in [9.17, 15) is 4.79 Å². The number of ether oxygens (including phenoxy) is 1. The second-order valence-electron chi connectivity index (χ2n) is 5.94. The van der Waals surface area contributed by atoms with Gasteiger partial charge in [0.25, 0.3) is 5.91 Å². The maximum Gasteiger partial charge on any atom is 0.262 e. The molecule has 2 heterocycles. The Balaban J connectivity index is 1.76. The molecule has 0 aliphatic carbocycles. The quantitative estimate of drug-likeness (QED) is 0.745. The molecule has 0 unspecified atom stereocenters. The highest BCUT2D eigenvalue weighted by Crippen LogP contribution is 2.33. The van der Waals surface area contributed by atoms with Crippen LogP contribution in [0.15, 0.2) is 24.5 Å². The molecular weight excluding hydrogens is 334 g/mol. The highest BCUT2D eigenvalue weighted by atomic mass is 32.1. The van der Waals surface area contributed by atoms with Crippen LogP contribution in [0.1, 0.15) is 28.5 Å². The fourth-order valence-electron chi connectivity index (χ4n) is 2.77. The molecule has 0 fully saturated rings. The lowest BCUT2D eigenvalue weighted by Gasteiger charge is -2.13. The summed E-state index contributed by atoms with van der Waals surface area (Å²) in [5, 5.41) is 3.85. The molecule has 2 aromatic heterocycles. The fraction of sp³-hybridized carbons (Fsp3) is 0.316. The molecule has 0 aliphatic heterocycles. The first-order valence-electron chi connectivity index (χ1n) is 8.23. The standard InChI is InChI=1S/C19H21N3O2S/c1-5-14-8-6-7-11(2)17(14)22-15(23)9-24-18-16-12(3)13(4)25-19(16)21-10-20-18/h6-8,10H,5,9H2,1-4H3,(H,22,23). The molecule has 25 heavy (non-hydrogen) atoms. The third-order valence-electron chi connectivity index (χ3n) is 4.27. The van der Waals surface area contributed by atoms with Crippen LogP contribution in [-0.4, -0.2) is 22.5 Å². The van der Waals surface area contributed by atoms with Crippen molar-refractivity contribution in [3.63, 3.8) is 0 Å². The van der Waals surface area contributed by atoms with Gasteiger partial charge in [-0.15, -0.1) is 11.3 Å². The lowest BCUT2D eigenvalue weighted by Crippen LogP contribution is -2.22. The van der Waals surface area contributed by atoms with Gasteiger partial charge in [0.2, 0.25) is 5.88 Å². The van der Waals surface area contributed by atoms with Gasteiger partial charge in [0.1, 0.15) is 11.2 Å². The van der Waals surface area contributed by atoms with Gasteiger partial charge >= 0.3 is 0 Å². The largest absolute Gasteiger partial charge is 0.467 e. The summed E-state index contributed by atoms with van der Waals surface area (Å²) in [6, 6.07) is 6.01. The molecule has 6 heteroatoms. The average Bonchev–Trinajstić information content (AvgIpc) is 2.90. The molecule has 0 saturated heterocycles. The maximum atomic E-state index is 12.4. The van der Waals surface area contributed by atoms with Gasteiger partial charge in [0.15, 0.2) is 6.61 Å². The minimum absolute atomic E-state index is 0.0854. The first-order chi connectivity index (χ1) is 12.0. The molecule has 1 aromatic carbocycles. The molecule has 0 bridgehead atoms. The predicted molar refractivity (Wildman–Crippen MR) is 102 cm³/mol. The van der Waals surface area contributed by atoms with Crippen molar-refractivity contribution in [3.8, 4) is 5.88 Å². The summed E-state index contributed by atoms with van der Waals surface area (Å²) in [5.41, 5.74) is 4.13. The Hall–Kier alpha value is -2.47. The van der Waals surface area contributed by atoms with Crippen molar-refractivity contribution >= 4 is 33.1 Å². The summed E-state index contributed by atoms with van der Waals surface area (Å²) in [6.45, 7) is 8.03. The number of para-hydroxylation sites is 1. The van der Waals surface area contributed by atoms with Crippen molar-refractivity contribution in [1.29, 1.82) is 0 Å².